The predicted molar refractivity (Wildman–Crippen MR) is 149 cm³/mol. The molecule has 41 heavy (non-hydrogen) atoms. The highest BCUT2D eigenvalue weighted by Crippen LogP contribution is 2.31. The van der Waals surface area contributed by atoms with Crippen molar-refractivity contribution in [3.8, 4) is 5.75 Å². The SMILES string of the molecule is Cc1noc(C)c1NC(=O)N(C)C[C@H]1Oc2ccc(NS(=O)(=O)c3cn(C)cn3)cc2C(=O)N([C@H](C)CO)C[C@@H]1C. The molecule has 14 nitrogen and oxygen atoms in total. The second kappa shape index (κ2) is 11.8. The molecule has 0 radical (unpaired) electrons. The van der Waals surface area contributed by atoms with Gasteiger partial charge in [-0.05, 0) is 39.0 Å². The van der Waals surface area contributed by atoms with E-state index in [1.807, 2.05) is 6.92 Å². The molecule has 3 N–H and O–H groups in total. The maximum atomic E-state index is 13.7. The van der Waals surface area contributed by atoms with Gasteiger partial charge in [0, 0.05) is 38.4 Å². The summed E-state index contributed by atoms with van der Waals surface area (Å²) in [4.78, 5) is 33.5. The van der Waals surface area contributed by atoms with Gasteiger partial charge in [-0.15, -0.1) is 0 Å². The number of anilines is 2. The lowest BCUT2D eigenvalue weighted by Crippen LogP contribution is -2.50. The number of nitrogens with one attached hydrogen (secondary N) is 2. The highest BCUT2D eigenvalue weighted by atomic mass is 32.2. The zero-order valence-electron chi connectivity index (χ0n) is 23.8. The molecule has 4 rings (SSSR count). The van der Waals surface area contributed by atoms with Crippen LogP contribution >= 0.6 is 0 Å². The monoisotopic (exact) mass is 589 g/mol. The highest BCUT2D eigenvalue weighted by molar-refractivity contribution is 7.92. The maximum absolute atomic E-state index is 13.7. The molecule has 0 saturated heterocycles. The van der Waals surface area contributed by atoms with Crippen LogP contribution < -0.4 is 14.8 Å². The molecule has 3 heterocycles. The number of ether oxygens (including phenoxy) is 1. The van der Waals surface area contributed by atoms with Crippen molar-refractivity contribution in [3.63, 3.8) is 0 Å². The number of carbonyl (C=O) groups excluding carboxylic acids is 2. The fraction of sp³-hybridized carbons (Fsp3) is 0.462. The topological polar surface area (TPSA) is 172 Å². The molecular weight excluding hydrogens is 554 g/mol. The average Bonchev–Trinajstić information content (AvgIpc) is 3.51. The minimum atomic E-state index is -4.01. The van der Waals surface area contributed by atoms with Crippen LogP contribution in [0.5, 0.6) is 5.75 Å². The molecule has 0 spiro atoms. The van der Waals surface area contributed by atoms with E-state index in [1.165, 1.54) is 45.1 Å². The third-order valence-corrected chi connectivity index (χ3v) is 8.21. The number of carbonyl (C=O) groups is 2. The molecule has 0 fully saturated rings. The van der Waals surface area contributed by atoms with Crippen LogP contribution in [0, 0.1) is 19.8 Å². The summed E-state index contributed by atoms with van der Waals surface area (Å²) in [5.41, 5.74) is 1.30. The van der Waals surface area contributed by atoms with E-state index in [-0.39, 0.29) is 47.6 Å². The minimum absolute atomic E-state index is 0.117. The number of amides is 3. The van der Waals surface area contributed by atoms with Gasteiger partial charge in [0.2, 0.25) is 0 Å². The number of rotatable bonds is 8. The molecule has 15 heteroatoms. The summed E-state index contributed by atoms with van der Waals surface area (Å²) >= 11 is 0. The lowest BCUT2D eigenvalue weighted by Gasteiger charge is -2.38. The van der Waals surface area contributed by atoms with E-state index < -0.39 is 34.1 Å². The van der Waals surface area contributed by atoms with E-state index in [0.717, 1.165) is 0 Å². The summed E-state index contributed by atoms with van der Waals surface area (Å²) in [5.74, 6) is 0.0466. The second-order valence-electron chi connectivity index (χ2n) is 10.3. The molecule has 2 aromatic heterocycles. The first-order valence-corrected chi connectivity index (χ1v) is 14.5. The van der Waals surface area contributed by atoms with Gasteiger partial charge < -0.3 is 34.1 Å². The summed E-state index contributed by atoms with van der Waals surface area (Å²) in [6.45, 7) is 7.17. The number of aliphatic hydroxyl groups excluding tert-OH is 1. The van der Waals surface area contributed by atoms with Crippen LogP contribution in [0.4, 0.5) is 16.2 Å². The van der Waals surface area contributed by atoms with Gasteiger partial charge in [0.05, 0.1) is 31.1 Å². The molecule has 0 bridgehead atoms. The summed E-state index contributed by atoms with van der Waals surface area (Å²) in [6, 6.07) is 3.49. The number of benzene rings is 1. The molecule has 1 aromatic carbocycles. The molecule has 0 saturated carbocycles. The number of aryl methyl sites for hydroxylation is 3. The van der Waals surface area contributed by atoms with E-state index in [0.29, 0.717) is 17.1 Å². The number of sulfonamides is 1. The van der Waals surface area contributed by atoms with Crippen LogP contribution in [-0.4, -0.2) is 88.9 Å². The van der Waals surface area contributed by atoms with Gasteiger partial charge in [-0.2, -0.15) is 8.42 Å². The largest absolute Gasteiger partial charge is 0.487 e. The fourth-order valence-electron chi connectivity index (χ4n) is 4.46. The van der Waals surface area contributed by atoms with Gasteiger partial charge in [0.1, 0.15) is 23.2 Å². The third kappa shape index (κ3) is 6.46. The third-order valence-electron chi connectivity index (χ3n) is 6.94. The van der Waals surface area contributed by atoms with E-state index in [1.54, 1.807) is 34.9 Å². The number of hydrogen-bond donors (Lipinski definition) is 3. The molecule has 3 atom stereocenters. The Morgan fingerprint density at radius 2 is 2.05 bits per heavy atom. The van der Waals surface area contributed by atoms with Gasteiger partial charge in [-0.25, -0.2) is 9.78 Å². The molecular formula is C26H35N7O7S. The zero-order valence-corrected chi connectivity index (χ0v) is 24.6. The highest BCUT2D eigenvalue weighted by Gasteiger charge is 2.34. The Labute approximate surface area is 238 Å². The second-order valence-corrected chi connectivity index (χ2v) is 12.0. The van der Waals surface area contributed by atoms with Crippen LogP contribution in [-0.2, 0) is 17.1 Å². The average molecular weight is 590 g/mol. The molecule has 222 valence electrons. The first-order valence-electron chi connectivity index (χ1n) is 13.0. The molecule has 1 aliphatic heterocycles. The Hall–Kier alpha value is -4.11. The quantitative estimate of drug-likeness (QED) is 0.356. The molecule has 3 aromatic rings. The van der Waals surface area contributed by atoms with Crippen molar-refractivity contribution < 1.29 is 32.4 Å². The van der Waals surface area contributed by atoms with E-state index >= 15 is 0 Å². The summed E-state index contributed by atoms with van der Waals surface area (Å²) < 4.78 is 41.1. The zero-order chi connectivity index (χ0) is 30.1. The molecule has 1 aliphatic rings. The van der Waals surface area contributed by atoms with Crippen molar-refractivity contribution in [2.24, 2.45) is 13.0 Å². The summed E-state index contributed by atoms with van der Waals surface area (Å²) in [6.07, 6.45) is 2.18. The van der Waals surface area contributed by atoms with Gasteiger partial charge >= 0.3 is 6.03 Å². The minimum Gasteiger partial charge on any atom is -0.487 e. The normalized spacial score (nSPS) is 18.1. The predicted octanol–water partition coefficient (Wildman–Crippen LogP) is 2.21. The molecule has 0 unspecified atom stereocenters. The number of aliphatic hydroxyl groups is 1. The van der Waals surface area contributed by atoms with Gasteiger partial charge in [0.25, 0.3) is 15.9 Å². The lowest BCUT2D eigenvalue weighted by atomic mass is 9.99. The number of hydrogen-bond acceptors (Lipinski definition) is 9. The number of aromatic nitrogens is 3. The van der Waals surface area contributed by atoms with Gasteiger partial charge in [-0.1, -0.05) is 12.1 Å². The number of imidazole rings is 1. The van der Waals surface area contributed by atoms with E-state index in [2.05, 4.69) is 20.2 Å². The van der Waals surface area contributed by atoms with Crippen LogP contribution in [0.1, 0.15) is 35.7 Å². The summed E-state index contributed by atoms with van der Waals surface area (Å²) in [5, 5.41) is 16.4. The van der Waals surface area contributed by atoms with Crippen molar-refractivity contribution in [2.45, 2.75) is 44.9 Å². The van der Waals surface area contributed by atoms with Crippen molar-refractivity contribution in [3.05, 3.63) is 47.7 Å². The Kier molecular flexibility index (Phi) is 8.58. The number of likely N-dealkylation sites (N-methyl/N-ethyl adjacent to an activating group) is 1. The smallest absolute Gasteiger partial charge is 0.321 e. The van der Waals surface area contributed by atoms with Crippen molar-refractivity contribution in [2.75, 3.05) is 36.8 Å². The first kappa shape index (κ1) is 29.9. The first-order chi connectivity index (χ1) is 19.3. The molecule has 3 amide bonds. The van der Waals surface area contributed by atoms with Crippen LogP contribution in [0.3, 0.4) is 0 Å². The van der Waals surface area contributed by atoms with Crippen LogP contribution in [0.25, 0.3) is 0 Å². The van der Waals surface area contributed by atoms with Crippen LogP contribution in [0.15, 0.2) is 40.3 Å². The number of nitrogens with zero attached hydrogens (tertiary/aromatic N) is 5. The fourth-order valence-corrected chi connectivity index (χ4v) is 5.49. The number of fused-ring (bicyclic) bond motifs is 1. The van der Waals surface area contributed by atoms with E-state index in [9.17, 15) is 23.1 Å². The maximum Gasteiger partial charge on any atom is 0.321 e. The Bertz CT molecular complexity index is 1510. The van der Waals surface area contributed by atoms with Crippen molar-refractivity contribution in [1.82, 2.24) is 24.5 Å². The molecule has 0 aliphatic carbocycles. The number of urea groups is 1. The van der Waals surface area contributed by atoms with E-state index in [4.69, 9.17) is 9.26 Å². The van der Waals surface area contributed by atoms with Gasteiger partial charge in [-0.3, -0.25) is 9.52 Å². The van der Waals surface area contributed by atoms with Crippen molar-refractivity contribution in [1.29, 1.82) is 0 Å². The van der Waals surface area contributed by atoms with Crippen LogP contribution in [0.2, 0.25) is 0 Å². The summed E-state index contributed by atoms with van der Waals surface area (Å²) in [7, 11) is -0.735. The Balaban J connectivity index is 1.62. The van der Waals surface area contributed by atoms with Crippen molar-refractivity contribution >= 4 is 33.3 Å². The standard InChI is InChI=1S/C26H35N7O7S/c1-15-10-33(16(2)13-34)25(35)20-9-19(30-41(37,38)23-12-31(5)14-27-23)7-8-21(20)39-22(15)11-32(6)26(36)28-24-17(3)29-40-18(24)4/h7-9,12,14-16,22,30,34H,10-11,13H2,1-6H3,(H,28,36)/t15-,16+,22+/m0/s1. The Morgan fingerprint density at radius 1 is 1.32 bits per heavy atom. The van der Waals surface area contributed by atoms with Gasteiger partial charge in [0.15, 0.2) is 10.8 Å². The lowest BCUT2D eigenvalue weighted by molar-refractivity contribution is 0.0371. The Morgan fingerprint density at radius 3 is 2.66 bits per heavy atom.